The van der Waals surface area contributed by atoms with Gasteiger partial charge in [0, 0.05) is 10.5 Å². The lowest BCUT2D eigenvalue weighted by Gasteiger charge is -2.29. The third-order valence-electron chi connectivity index (χ3n) is 3.84. The largest absolute Gasteiger partial charge is 0.481 e. The van der Waals surface area contributed by atoms with Gasteiger partial charge < -0.3 is 15.7 Å². The molecule has 2 amide bonds. The molecule has 3 N–H and O–H groups in total. The summed E-state index contributed by atoms with van der Waals surface area (Å²) in [5.74, 6) is -1.33. The summed E-state index contributed by atoms with van der Waals surface area (Å²) in [4.78, 5) is 23.3. The summed E-state index contributed by atoms with van der Waals surface area (Å²) in [5.41, 5.74) is 1.70. The molecule has 1 aromatic rings. The molecule has 1 aliphatic rings. The van der Waals surface area contributed by atoms with Crippen LogP contribution in [0.4, 0.5) is 10.5 Å². The average Bonchev–Trinajstić information content (AvgIpc) is 2.44. The third kappa shape index (κ3) is 3.97. The van der Waals surface area contributed by atoms with Crippen LogP contribution < -0.4 is 10.6 Å². The van der Waals surface area contributed by atoms with E-state index in [1.54, 1.807) is 6.07 Å². The van der Waals surface area contributed by atoms with Gasteiger partial charge in [-0.2, -0.15) is 0 Å². The number of hydrogen-bond donors (Lipinski definition) is 3. The minimum atomic E-state index is -0.836. The van der Waals surface area contributed by atoms with Crippen molar-refractivity contribution in [2.24, 2.45) is 5.92 Å². The highest BCUT2D eigenvalue weighted by atomic mass is 79.9. The summed E-state index contributed by atoms with van der Waals surface area (Å²) >= 11 is 3.43. The van der Waals surface area contributed by atoms with Gasteiger partial charge in [0.25, 0.3) is 0 Å². The number of amides is 2. The first kappa shape index (κ1) is 15.8. The molecule has 1 saturated carbocycles. The van der Waals surface area contributed by atoms with Crippen molar-refractivity contribution in [1.29, 1.82) is 0 Å². The molecule has 0 saturated heterocycles. The normalized spacial score (nSPS) is 21.6. The zero-order chi connectivity index (χ0) is 15.4. The minimum absolute atomic E-state index is 0.306. The van der Waals surface area contributed by atoms with Crippen LogP contribution in [-0.2, 0) is 4.79 Å². The van der Waals surface area contributed by atoms with Gasteiger partial charge in [-0.3, -0.25) is 4.79 Å². The molecule has 0 heterocycles. The Bertz CT molecular complexity index is 548. The second-order valence-corrected chi connectivity index (χ2v) is 6.16. The standard InChI is InChI=1S/C15H19BrN2O3/c1-9-5-4-8-12(13(9)16)18-15(21)17-11-7-3-2-6-10(11)14(19)20/h4-5,8,10-11H,2-3,6-7H2,1H3,(H,19,20)(H2,17,18,21). The van der Waals surface area contributed by atoms with Gasteiger partial charge in [0.2, 0.25) is 0 Å². The van der Waals surface area contributed by atoms with E-state index in [0.717, 1.165) is 22.9 Å². The number of benzene rings is 1. The Labute approximate surface area is 132 Å². The van der Waals surface area contributed by atoms with Gasteiger partial charge in [-0.15, -0.1) is 0 Å². The van der Waals surface area contributed by atoms with E-state index in [0.29, 0.717) is 18.5 Å². The van der Waals surface area contributed by atoms with Gasteiger partial charge >= 0.3 is 12.0 Å². The molecule has 0 aliphatic heterocycles. The van der Waals surface area contributed by atoms with Gasteiger partial charge in [0.15, 0.2) is 0 Å². The van der Waals surface area contributed by atoms with Crippen molar-refractivity contribution in [2.45, 2.75) is 38.6 Å². The molecule has 0 bridgehead atoms. The molecule has 5 nitrogen and oxygen atoms in total. The van der Waals surface area contributed by atoms with Crippen LogP contribution in [0.5, 0.6) is 0 Å². The lowest BCUT2D eigenvalue weighted by Crippen LogP contribution is -2.46. The topological polar surface area (TPSA) is 78.4 Å². The molecule has 2 rings (SSSR count). The number of halogens is 1. The number of carbonyl (C=O) groups excluding carboxylic acids is 1. The maximum atomic E-state index is 12.1. The highest BCUT2D eigenvalue weighted by Gasteiger charge is 2.31. The van der Waals surface area contributed by atoms with Gasteiger partial charge in [-0.05, 0) is 47.3 Å². The fourth-order valence-corrected chi connectivity index (χ4v) is 3.03. The number of urea groups is 1. The van der Waals surface area contributed by atoms with Crippen molar-refractivity contribution in [2.75, 3.05) is 5.32 Å². The molecule has 1 fully saturated rings. The second kappa shape index (κ2) is 6.93. The predicted molar refractivity (Wildman–Crippen MR) is 84.4 cm³/mol. The number of carbonyl (C=O) groups is 2. The summed E-state index contributed by atoms with van der Waals surface area (Å²) in [6.45, 7) is 1.94. The Morgan fingerprint density at radius 3 is 2.71 bits per heavy atom. The van der Waals surface area contributed by atoms with Crippen molar-refractivity contribution in [1.82, 2.24) is 5.32 Å². The molecule has 21 heavy (non-hydrogen) atoms. The van der Waals surface area contributed by atoms with Crippen molar-refractivity contribution in [3.8, 4) is 0 Å². The fraction of sp³-hybridized carbons (Fsp3) is 0.467. The number of rotatable bonds is 3. The molecule has 6 heteroatoms. The number of aliphatic carboxylic acids is 1. The monoisotopic (exact) mass is 354 g/mol. The van der Waals surface area contributed by atoms with Crippen LogP contribution in [0.2, 0.25) is 0 Å². The highest BCUT2D eigenvalue weighted by Crippen LogP contribution is 2.27. The quantitative estimate of drug-likeness (QED) is 0.776. The molecular weight excluding hydrogens is 336 g/mol. The number of hydrogen-bond acceptors (Lipinski definition) is 2. The summed E-state index contributed by atoms with van der Waals surface area (Å²) in [6.07, 6.45) is 3.18. The lowest BCUT2D eigenvalue weighted by molar-refractivity contribution is -0.143. The summed E-state index contributed by atoms with van der Waals surface area (Å²) in [7, 11) is 0. The Kier molecular flexibility index (Phi) is 5.22. The predicted octanol–water partition coefficient (Wildman–Crippen LogP) is 3.52. The number of carboxylic acids is 1. The Morgan fingerprint density at radius 1 is 1.29 bits per heavy atom. The van der Waals surface area contributed by atoms with E-state index in [2.05, 4.69) is 26.6 Å². The van der Waals surface area contributed by atoms with Crippen LogP contribution in [0.3, 0.4) is 0 Å². The summed E-state index contributed by atoms with van der Waals surface area (Å²) < 4.78 is 0.832. The SMILES string of the molecule is Cc1cccc(NC(=O)NC2CCCCC2C(=O)O)c1Br. The number of carboxylic acid groups (broad SMARTS) is 1. The number of anilines is 1. The van der Waals surface area contributed by atoms with Gasteiger partial charge in [-0.1, -0.05) is 25.0 Å². The molecule has 1 aromatic carbocycles. The molecule has 114 valence electrons. The highest BCUT2D eigenvalue weighted by molar-refractivity contribution is 9.10. The molecule has 0 spiro atoms. The van der Waals surface area contributed by atoms with E-state index >= 15 is 0 Å². The fourth-order valence-electron chi connectivity index (χ4n) is 2.67. The first-order chi connectivity index (χ1) is 9.99. The van der Waals surface area contributed by atoms with Crippen molar-refractivity contribution in [3.63, 3.8) is 0 Å². The molecule has 1 aliphatic carbocycles. The first-order valence-electron chi connectivity index (χ1n) is 7.04. The zero-order valence-corrected chi connectivity index (χ0v) is 13.4. The van der Waals surface area contributed by atoms with E-state index in [9.17, 15) is 14.7 Å². The van der Waals surface area contributed by atoms with Crippen LogP contribution in [0.15, 0.2) is 22.7 Å². The van der Waals surface area contributed by atoms with E-state index in [4.69, 9.17) is 0 Å². The second-order valence-electron chi connectivity index (χ2n) is 5.37. The van der Waals surface area contributed by atoms with Crippen LogP contribution >= 0.6 is 15.9 Å². The molecule has 2 atom stereocenters. The molecule has 2 unspecified atom stereocenters. The summed E-state index contributed by atoms with van der Waals surface area (Å²) in [5, 5.41) is 14.8. The Hall–Kier alpha value is -1.56. The first-order valence-corrected chi connectivity index (χ1v) is 7.84. The van der Waals surface area contributed by atoms with Crippen LogP contribution in [0.1, 0.15) is 31.2 Å². The number of aryl methyl sites for hydroxylation is 1. The zero-order valence-electron chi connectivity index (χ0n) is 11.9. The van der Waals surface area contributed by atoms with Crippen LogP contribution in [-0.4, -0.2) is 23.1 Å². The molecule has 0 aromatic heterocycles. The van der Waals surface area contributed by atoms with Crippen LogP contribution in [0.25, 0.3) is 0 Å². The summed E-state index contributed by atoms with van der Waals surface area (Å²) in [6, 6.07) is 4.93. The van der Waals surface area contributed by atoms with Crippen LogP contribution in [0, 0.1) is 12.8 Å². The van der Waals surface area contributed by atoms with E-state index in [1.165, 1.54) is 0 Å². The van der Waals surface area contributed by atoms with E-state index < -0.39 is 11.9 Å². The number of nitrogens with one attached hydrogen (secondary N) is 2. The van der Waals surface area contributed by atoms with Gasteiger partial charge in [0.1, 0.15) is 0 Å². The smallest absolute Gasteiger partial charge is 0.319 e. The maximum absolute atomic E-state index is 12.1. The van der Waals surface area contributed by atoms with Gasteiger partial charge in [0.05, 0.1) is 11.6 Å². The molecular formula is C15H19BrN2O3. The van der Waals surface area contributed by atoms with Crippen molar-refractivity contribution in [3.05, 3.63) is 28.2 Å². The third-order valence-corrected chi connectivity index (χ3v) is 4.89. The van der Waals surface area contributed by atoms with Crippen molar-refractivity contribution >= 4 is 33.6 Å². The lowest BCUT2D eigenvalue weighted by atomic mass is 9.84. The van der Waals surface area contributed by atoms with Crippen molar-refractivity contribution < 1.29 is 14.7 Å². The maximum Gasteiger partial charge on any atom is 0.319 e. The Balaban J connectivity index is 2.00. The molecule has 0 radical (unpaired) electrons. The van der Waals surface area contributed by atoms with Gasteiger partial charge in [-0.25, -0.2) is 4.79 Å². The minimum Gasteiger partial charge on any atom is -0.481 e. The Morgan fingerprint density at radius 2 is 2.00 bits per heavy atom. The van der Waals surface area contributed by atoms with E-state index in [1.807, 2.05) is 19.1 Å². The van der Waals surface area contributed by atoms with E-state index in [-0.39, 0.29) is 12.1 Å². The average molecular weight is 355 g/mol.